The molecule has 0 amide bonds. The molecule has 1 N–H and O–H groups in total. The molecule has 3 heteroatoms. The Morgan fingerprint density at radius 3 is 3.07 bits per heavy atom. The van der Waals surface area contributed by atoms with E-state index in [1.54, 1.807) is 0 Å². The smallest absolute Gasteiger partial charge is 0.0158 e. The Labute approximate surface area is 98.2 Å². The summed E-state index contributed by atoms with van der Waals surface area (Å²) < 4.78 is 0. The summed E-state index contributed by atoms with van der Waals surface area (Å²) in [5.41, 5.74) is 0. The third kappa shape index (κ3) is 3.65. The average Bonchev–Trinajstić information content (AvgIpc) is 2.29. The quantitative estimate of drug-likeness (QED) is 0.795. The molecule has 0 aromatic carbocycles. The molecule has 2 rings (SSSR count). The zero-order valence-corrected chi connectivity index (χ0v) is 10.7. The fraction of sp³-hybridized carbons (Fsp3) is 1.00. The summed E-state index contributed by atoms with van der Waals surface area (Å²) in [6.45, 7) is 6.23. The van der Waals surface area contributed by atoms with Gasteiger partial charge >= 0.3 is 0 Å². The van der Waals surface area contributed by atoms with Crippen molar-refractivity contribution in [3.8, 4) is 0 Å². The van der Waals surface area contributed by atoms with Crippen LogP contribution >= 0.6 is 11.8 Å². The minimum absolute atomic E-state index is 0.798. The van der Waals surface area contributed by atoms with Gasteiger partial charge in [0.15, 0.2) is 0 Å². The zero-order chi connectivity index (χ0) is 10.5. The van der Waals surface area contributed by atoms with E-state index >= 15 is 0 Å². The maximum atomic E-state index is 3.64. The van der Waals surface area contributed by atoms with Crippen molar-refractivity contribution in [1.82, 2.24) is 10.2 Å². The van der Waals surface area contributed by atoms with Gasteiger partial charge in [-0.1, -0.05) is 6.42 Å². The van der Waals surface area contributed by atoms with Gasteiger partial charge in [0, 0.05) is 30.1 Å². The number of rotatable bonds is 3. The second-order valence-electron chi connectivity index (χ2n) is 4.90. The van der Waals surface area contributed by atoms with E-state index in [0.29, 0.717) is 0 Å². The molecule has 2 heterocycles. The third-order valence-electron chi connectivity index (χ3n) is 3.68. The maximum Gasteiger partial charge on any atom is 0.0158 e. The van der Waals surface area contributed by atoms with E-state index in [2.05, 4.69) is 28.9 Å². The molecule has 0 bridgehead atoms. The first kappa shape index (κ1) is 11.7. The Hall–Kier alpha value is 0.270. The molecule has 0 aliphatic carbocycles. The van der Waals surface area contributed by atoms with Gasteiger partial charge in [0.05, 0.1) is 0 Å². The van der Waals surface area contributed by atoms with Crippen LogP contribution in [0.2, 0.25) is 0 Å². The minimum Gasteiger partial charge on any atom is -0.314 e. The Morgan fingerprint density at radius 2 is 2.33 bits per heavy atom. The Bertz CT molecular complexity index is 180. The van der Waals surface area contributed by atoms with E-state index in [1.807, 2.05) is 0 Å². The van der Waals surface area contributed by atoms with Crippen LogP contribution in [0.25, 0.3) is 0 Å². The van der Waals surface area contributed by atoms with Gasteiger partial charge in [-0.25, -0.2) is 0 Å². The molecule has 2 saturated heterocycles. The number of hydrogen-bond acceptors (Lipinski definition) is 3. The van der Waals surface area contributed by atoms with Gasteiger partial charge in [0.2, 0.25) is 0 Å². The van der Waals surface area contributed by atoms with Crippen LogP contribution in [0.15, 0.2) is 0 Å². The van der Waals surface area contributed by atoms with Gasteiger partial charge in [-0.3, -0.25) is 4.90 Å². The largest absolute Gasteiger partial charge is 0.314 e. The highest BCUT2D eigenvalue weighted by molar-refractivity contribution is 7.99. The van der Waals surface area contributed by atoms with E-state index in [-0.39, 0.29) is 0 Å². The minimum atomic E-state index is 0.798. The summed E-state index contributed by atoms with van der Waals surface area (Å²) in [6.07, 6.45) is 5.57. The van der Waals surface area contributed by atoms with E-state index < -0.39 is 0 Å². The molecule has 0 aromatic rings. The zero-order valence-electron chi connectivity index (χ0n) is 9.87. The fourth-order valence-electron chi connectivity index (χ4n) is 2.59. The van der Waals surface area contributed by atoms with Crippen LogP contribution in [0.4, 0.5) is 0 Å². The van der Waals surface area contributed by atoms with Crippen LogP contribution in [0.5, 0.6) is 0 Å². The number of nitrogens with zero attached hydrogens (tertiary/aromatic N) is 1. The molecular formula is C12H24N2S. The molecule has 2 atom stereocenters. The summed E-state index contributed by atoms with van der Waals surface area (Å²) in [4.78, 5) is 2.67. The van der Waals surface area contributed by atoms with Crippen molar-refractivity contribution in [2.45, 2.75) is 44.7 Å². The van der Waals surface area contributed by atoms with Gasteiger partial charge in [-0.2, -0.15) is 11.8 Å². The number of hydrogen-bond donors (Lipinski definition) is 1. The highest BCUT2D eigenvalue weighted by atomic mass is 32.2. The predicted molar refractivity (Wildman–Crippen MR) is 68.6 cm³/mol. The van der Waals surface area contributed by atoms with Crippen LogP contribution in [0, 0.1) is 0 Å². The lowest BCUT2D eigenvalue weighted by molar-refractivity contribution is 0.213. The maximum absolute atomic E-state index is 3.64. The topological polar surface area (TPSA) is 15.3 Å². The standard InChI is InChI=1S/C12H24N2S/c1-11-10-15-9-8-14(11)7-5-12-4-2-3-6-13-12/h11-13H,2-10H2,1H3. The van der Waals surface area contributed by atoms with Crippen molar-refractivity contribution in [3.05, 3.63) is 0 Å². The molecule has 0 saturated carbocycles. The second-order valence-corrected chi connectivity index (χ2v) is 6.05. The van der Waals surface area contributed by atoms with Crippen LogP contribution in [-0.4, -0.2) is 48.1 Å². The summed E-state index contributed by atoms with van der Waals surface area (Å²) in [5.74, 6) is 2.67. The molecule has 0 aromatic heterocycles. The molecule has 2 fully saturated rings. The molecule has 2 aliphatic heterocycles. The van der Waals surface area contributed by atoms with Gasteiger partial charge in [-0.05, 0) is 39.3 Å². The van der Waals surface area contributed by atoms with E-state index in [0.717, 1.165) is 12.1 Å². The summed E-state index contributed by atoms with van der Waals surface area (Å²) >= 11 is 2.11. The summed E-state index contributed by atoms with van der Waals surface area (Å²) in [5, 5.41) is 3.64. The number of piperidine rings is 1. The predicted octanol–water partition coefficient (Wildman–Crippen LogP) is 1.96. The van der Waals surface area contributed by atoms with Gasteiger partial charge in [0.25, 0.3) is 0 Å². The van der Waals surface area contributed by atoms with E-state index in [1.165, 1.54) is 56.8 Å². The lowest BCUT2D eigenvalue weighted by Crippen LogP contribution is -2.43. The molecule has 15 heavy (non-hydrogen) atoms. The average molecular weight is 228 g/mol. The van der Waals surface area contributed by atoms with Gasteiger partial charge < -0.3 is 5.32 Å². The number of thioether (sulfide) groups is 1. The first-order valence-electron chi connectivity index (χ1n) is 6.41. The van der Waals surface area contributed by atoms with Crippen LogP contribution in [0.3, 0.4) is 0 Å². The highest BCUT2D eigenvalue weighted by Crippen LogP contribution is 2.17. The fourth-order valence-corrected chi connectivity index (χ4v) is 3.67. The molecule has 0 spiro atoms. The molecule has 2 nitrogen and oxygen atoms in total. The summed E-state index contributed by atoms with van der Waals surface area (Å²) in [7, 11) is 0. The Balaban J connectivity index is 1.67. The molecule has 2 aliphatic rings. The lowest BCUT2D eigenvalue weighted by Gasteiger charge is -2.34. The summed E-state index contributed by atoms with van der Waals surface area (Å²) in [6, 6.07) is 1.60. The van der Waals surface area contributed by atoms with Crippen molar-refractivity contribution >= 4 is 11.8 Å². The molecule has 0 radical (unpaired) electrons. The van der Waals surface area contributed by atoms with Crippen LogP contribution in [-0.2, 0) is 0 Å². The molecule has 88 valence electrons. The monoisotopic (exact) mass is 228 g/mol. The van der Waals surface area contributed by atoms with Gasteiger partial charge in [0.1, 0.15) is 0 Å². The Morgan fingerprint density at radius 1 is 1.40 bits per heavy atom. The SMILES string of the molecule is CC1CSCCN1CCC1CCCCN1. The van der Waals surface area contributed by atoms with E-state index in [4.69, 9.17) is 0 Å². The molecular weight excluding hydrogens is 204 g/mol. The van der Waals surface area contributed by atoms with Gasteiger partial charge in [-0.15, -0.1) is 0 Å². The first-order valence-corrected chi connectivity index (χ1v) is 7.57. The van der Waals surface area contributed by atoms with Crippen LogP contribution in [0.1, 0.15) is 32.6 Å². The van der Waals surface area contributed by atoms with Crippen LogP contribution < -0.4 is 5.32 Å². The highest BCUT2D eigenvalue weighted by Gasteiger charge is 2.20. The second kappa shape index (κ2) is 6.12. The van der Waals surface area contributed by atoms with Crippen molar-refractivity contribution in [3.63, 3.8) is 0 Å². The first-order chi connectivity index (χ1) is 7.36. The van der Waals surface area contributed by atoms with Crippen molar-refractivity contribution < 1.29 is 0 Å². The third-order valence-corrected chi connectivity index (χ3v) is 4.87. The Kier molecular flexibility index (Phi) is 4.79. The van der Waals surface area contributed by atoms with Crippen molar-refractivity contribution in [2.24, 2.45) is 0 Å². The normalized spacial score (nSPS) is 34.2. The van der Waals surface area contributed by atoms with Crippen molar-refractivity contribution in [1.29, 1.82) is 0 Å². The lowest BCUT2D eigenvalue weighted by atomic mass is 10.0. The van der Waals surface area contributed by atoms with E-state index in [9.17, 15) is 0 Å². The molecule has 2 unspecified atom stereocenters. The number of nitrogens with one attached hydrogen (secondary N) is 1. The van der Waals surface area contributed by atoms with Crippen molar-refractivity contribution in [2.75, 3.05) is 31.1 Å².